The molecule has 0 bridgehead atoms. The molecule has 0 unspecified atom stereocenters. The highest BCUT2D eigenvalue weighted by molar-refractivity contribution is 7.92. The van der Waals surface area contributed by atoms with E-state index >= 15 is 0 Å². The summed E-state index contributed by atoms with van der Waals surface area (Å²) in [5.74, 6) is -1.01. The van der Waals surface area contributed by atoms with Crippen molar-refractivity contribution < 1.29 is 18.0 Å². The summed E-state index contributed by atoms with van der Waals surface area (Å²) in [6, 6.07) is 17.3. The van der Waals surface area contributed by atoms with Crippen LogP contribution >= 0.6 is 46.4 Å². The highest BCUT2D eigenvalue weighted by atomic mass is 35.5. The normalized spacial score (nSPS) is 12.9. The summed E-state index contributed by atoms with van der Waals surface area (Å²) in [5.41, 5.74) is 1.44. The van der Waals surface area contributed by atoms with Crippen molar-refractivity contribution in [1.29, 1.82) is 0 Å². The summed E-state index contributed by atoms with van der Waals surface area (Å²) in [7, 11) is -3.98. The molecule has 0 aromatic heterocycles. The molecule has 0 aliphatic carbocycles. The van der Waals surface area contributed by atoms with Crippen molar-refractivity contribution in [3.05, 3.63) is 97.9 Å². The van der Waals surface area contributed by atoms with Crippen molar-refractivity contribution in [2.45, 2.75) is 45.3 Å². The van der Waals surface area contributed by atoms with Crippen LogP contribution in [0, 0.1) is 0 Å². The molecule has 0 heterocycles. The maximum atomic E-state index is 14.1. The minimum Gasteiger partial charge on any atom is -0.352 e. The van der Waals surface area contributed by atoms with Crippen molar-refractivity contribution in [3.63, 3.8) is 0 Å². The van der Waals surface area contributed by atoms with Gasteiger partial charge in [0.1, 0.15) is 12.6 Å². The van der Waals surface area contributed by atoms with Gasteiger partial charge in [-0.15, -0.1) is 0 Å². The van der Waals surface area contributed by atoms with Crippen LogP contribution in [0.15, 0.2) is 66.7 Å². The van der Waals surface area contributed by atoms with E-state index in [1.807, 2.05) is 44.2 Å². The van der Waals surface area contributed by atoms with Gasteiger partial charge in [-0.3, -0.25) is 13.9 Å². The van der Waals surface area contributed by atoms with Crippen molar-refractivity contribution in [3.8, 4) is 0 Å². The number of benzene rings is 3. The van der Waals surface area contributed by atoms with Crippen LogP contribution in [0.2, 0.25) is 20.1 Å². The van der Waals surface area contributed by atoms with E-state index in [0.29, 0.717) is 27.1 Å². The minimum absolute atomic E-state index is 0.0540. The molecule has 12 heteroatoms. The van der Waals surface area contributed by atoms with Crippen molar-refractivity contribution in [2.24, 2.45) is 0 Å². The molecule has 7 nitrogen and oxygen atoms in total. The lowest BCUT2D eigenvalue weighted by molar-refractivity contribution is -0.140. The standard InChI is InChI=1S/C29H31Cl4N3O4S/c1-4-19(2)34-29(38)27(14-20-8-6-5-7-9-20)35(17-21-10-11-22(30)15-24(21)32)28(37)18-36(41(3,39)40)26-13-12-23(31)16-25(26)33/h5-13,15-16,19,27H,4,14,17-18H2,1-3H3,(H,34,38)/t19-,27+/m0/s1. The van der Waals surface area contributed by atoms with Crippen LogP contribution in [0.3, 0.4) is 0 Å². The number of nitrogens with one attached hydrogen (secondary N) is 1. The van der Waals surface area contributed by atoms with Crippen LogP contribution in [0.5, 0.6) is 0 Å². The van der Waals surface area contributed by atoms with E-state index in [9.17, 15) is 18.0 Å². The molecule has 0 spiro atoms. The van der Waals surface area contributed by atoms with Gasteiger partial charge in [0.05, 0.1) is 17.0 Å². The van der Waals surface area contributed by atoms with Crippen molar-refractivity contribution in [1.82, 2.24) is 10.2 Å². The highest BCUT2D eigenvalue weighted by Crippen LogP contribution is 2.31. The van der Waals surface area contributed by atoms with Gasteiger partial charge in [0, 0.05) is 34.1 Å². The second-order valence-corrected chi connectivity index (χ2v) is 13.2. The van der Waals surface area contributed by atoms with Gasteiger partial charge in [-0.1, -0.05) is 89.7 Å². The Labute approximate surface area is 261 Å². The molecular formula is C29H31Cl4N3O4S. The quantitative estimate of drug-likeness (QED) is 0.237. The Kier molecular flexibility index (Phi) is 11.8. The molecule has 0 aliphatic heterocycles. The second-order valence-electron chi connectivity index (χ2n) is 9.65. The fraction of sp³-hybridized carbons (Fsp3) is 0.310. The monoisotopic (exact) mass is 657 g/mol. The van der Waals surface area contributed by atoms with Crippen LogP contribution in [-0.4, -0.2) is 50.0 Å². The SMILES string of the molecule is CC[C@H](C)NC(=O)[C@@H](Cc1ccccc1)N(Cc1ccc(Cl)cc1Cl)C(=O)CN(c1ccc(Cl)cc1Cl)S(C)(=O)=O. The van der Waals surface area contributed by atoms with Crippen molar-refractivity contribution >= 4 is 73.9 Å². The minimum atomic E-state index is -3.98. The van der Waals surface area contributed by atoms with Crippen LogP contribution in [0.4, 0.5) is 5.69 Å². The Morgan fingerprint density at radius 2 is 1.51 bits per heavy atom. The first kappa shape index (κ1) is 33.0. The lowest BCUT2D eigenvalue weighted by atomic mass is 10.0. The molecule has 0 saturated carbocycles. The van der Waals surface area contributed by atoms with E-state index < -0.39 is 28.5 Å². The van der Waals surface area contributed by atoms with Gasteiger partial charge in [0.25, 0.3) is 0 Å². The van der Waals surface area contributed by atoms with Gasteiger partial charge in [0.2, 0.25) is 21.8 Å². The number of anilines is 1. The fourth-order valence-electron chi connectivity index (χ4n) is 4.11. The Morgan fingerprint density at radius 3 is 2.07 bits per heavy atom. The molecule has 2 amide bonds. The molecule has 3 aromatic carbocycles. The van der Waals surface area contributed by atoms with E-state index in [1.165, 1.54) is 23.1 Å². The zero-order valence-electron chi connectivity index (χ0n) is 22.8. The Balaban J connectivity index is 2.11. The van der Waals surface area contributed by atoms with Gasteiger partial charge >= 0.3 is 0 Å². The number of amides is 2. The Hall–Kier alpha value is -2.49. The topological polar surface area (TPSA) is 86.8 Å². The van der Waals surface area contributed by atoms with E-state index in [-0.39, 0.29) is 35.6 Å². The maximum Gasteiger partial charge on any atom is 0.244 e. The zero-order chi connectivity index (χ0) is 30.3. The molecule has 220 valence electrons. The maximum absolute atomic E-state index is 14.1. The molecular weight excluding hydrogens is 628 g/mol. The number of rotatable bonds is 12. The molecule has 0 fully saturated rings. The van der Waals surface area contributed by atoms with E-state index in [4.69, 9.17) is 46.4 Å². The third-order valence-corrected chi connectivity index (χ3v) is 8.74. The van der Waals surface area contributed by atoms with Crippen molar-refractivity contribution in [2.75, 3.05) is 17.1 Å². The van der Waals surface area contributed by atoms with E-state index in [0.717, 1.165) is 16.1 Å². The summed E-state index contributed by atoms with van der Waals surface area (Å²) < 4.78 is 26.7. The average Bonchev–Trinajstić information content (AvgIpc) is 2.90. The molecule has 1 N–H and O–H groups in total. The Bertz CT molecular complexity index is 1490. The molecule has 2 atom stereocenters. The van der Waals surface area contributed by atoms with E-state index in [1.54, 1.807) is 18.2 Å². The third kappa shape index (κ3) is 9.25. The summed E-state index contributed by atoms with van der Waals surface area (Å²) in [6.45, 7) is 3.11. The fourth-order valence-corrected chi connectivity index (χ4v) is 6.00. The van der Waals surface area contributed by atoms with Crippen LogP contribution in [0.25, 0.3) is 0 Å². The summed E-state index contributed by atoms with van der Waals surface area (Å²) in [5, 5.41) is 4.04. The lowest BCUT2D eigenvalue weighted by Crippen LogP contribution is -2.54. The van der Waals surface area contributed by atoms with Gasteiger partial charge in [-0.2, -0.15) is 0 Å². The van der Waals surface area contributed by atoms with Crippen LogP contribution in [-0.2, 0) is 32.6 Å². The lowest BCUT2D eigenvalue weighted by Gasteiger charge is -2.34. The number of carbonyl (C=O) groups excluding carboxylic acids is 2. The number of carbonyl (C=O) groups is 2. The van der Waals surface area contributed by atoms with Gasteiger partial charge in [-0.25, -0.2) is 8.42 Å². The predicted octanol–water partition coefficient (Wildman–Crippen LogP) is 6.62. The number of halogens is 4. The van der Waals surface area contributed by atoms with Crippen LogP contribution in [0.1, 0.15) is 31.4 Å². The summed E-state index contributed by atoms with van der Waals surface area (Å²) in [6.07, 6.45) is 1.83. The molecule has 0 radical (unpaired) electrons. The second kappa shape index (κ2) is 14.6. The third-order valence-electron chi connectivity index (χ3n) is 6.49. The highest BCUT2D eigenvalue weighted by Gasteiger charge is 2.34. The first-order chi connectivity index (χ1) is 19.3. The van der Waals surface area contributed by atoms with Gasteiger partial charge < -0.3 is 10.2 Å². The molecule has 3 rings (SSSR count). The Morgan fingerprint density at radius 1 is 0.902 bits per heavy atom. The zero-order valence-corrected chi connectivity index (χ0v) is 26.6. The number of hydrogen-bond acceptors (Lipinski definition) is 4. The first-order valence-electron chi connectivity index (χ1n) is 12.8. The van der Waals surface area contributed by atoms with Crippen LogP contribution < -0.4 is 9.62 Å². The molecule has 0 saturated heterocycles. The largest absolute Gasteiger partial charge is 0.352 e. The predicted molar refractivity (Wildman–Crippen MR) is 167 cm³/mol. The number of nitrogens with zero attached hydrogens (tertiary/aromatic N) is 2. The molecule has 3 aromatic rings. The molecule has 0 aliphatic rings. The summed E-state index contributed by atoms with van der Waals surface area (Å²) in [4.78, 5) is 29.2. The average molecular weight is 659 g/mol. The smallest absolute Gasteiger partial charge is 0.244 e. The first-order valence-corrected chi connectivity index (χ1v) is 16.2. The molecule has 41 heavy (non-hydrogen) atoms. The van der Waals surface area contributed by atoms with Gasteiger partial charge in [-0.05, 0) is 54.8 Å². The summed E-state index contributed by atoms with van der Waals surface area (Å²) >= 11 is 24.9. The van der Waals surface area contributed by atoms with Gasteiger partial charge in [0.15, 0.2) is 0 Å². The number of sulfonamides is 1. The number of hydrogen-bond donors (Lipinski definition) is 1. The van der Waals surface area contributed by atoms with E-state index in [2.05, 4.69) is 5.32 Å².